The number of hydrogen-bond donors (Lipinski definition) is 1. The molecule has 6 nitrogen and oxygen atoms in total. The number of methoxy groups -OCH3 is 1. The van der Waals surface area contributed by atoms with Crippen molar-refractivity contribution in [3.05, 3.63) is 0 Å². The third-order valence-corrected chi connectivity index (χ3v) is 4.41. The number of likely N-dealkylation sites (tertiary alicyclic amines) is 1. The van der Waals surface area contributed by atoms with Crippen LogP contribution in [0.15, 0.2) is 0 Å². The molecule has 1 amide bonds. The Morgan fingerprint density at radius 2 is 1.83 bits per heavy atom. The normalized spacial score (nSPS) is 26.0. The first-order valence-corrected chi connectivity index (χ1v) is 8.73. The van der Waals surface area contributed by atoms with Gasteiger partial charge in [0.1, 0.15) is 5.60 Å². The van der Waals surface area contributed by atoms with Gasteiger partial charge in [-0.25, -0.2) is 4.79 Å². The largest absolute Gasteiger partial charge is 0.444 e. The molecule has 0 aromatic carbocycles. The highest BCUT2D eigenvalue weighted by atomic mass is 16.6. The van der Waals surface area contributed by atoms with Gasteiger partial charge in [-0.15, -0.1) is 0 Å². The van der Waals surface area contributed by atoms with Gasteiger partial charge in [0, 0.05) is 32.8 Å². The lowest BCUT2D eigenvalue weighted by Gasteiger charge is -2.35. The Balaban J connectivity index is 1.52. The number of amides is 1. The zero-order valence-corrected chi connectivity index (χ0v) is 15.0. The van der Waals surface area contributed by atoms with E-state index in [1.807, 2.05) is 20.8 Å². The molecule has 0 unspecified atom stereocenters. The molecule has 2 fully saturated rings. The van der Waals surface area contributed by atoms with Crippen molar-refractivity contribution in [1.29, 1.82) is 0 Å². The van der Waals surface area contributed by atoms with Gasteiger partial charge in [0.25, 0.3) is 0 Å². The van der Waals surface area contributed by atoms with E-state index < -0.39 is 5.60 Å². The molecule has 1 saturated heterocycles. The summed E-state index contributed by atoms with van der Waals surface area (Å²) in [5.74, 6) is 0. The molecular formula is C17H32N2O4. The van der Waals surface area contributed by atoms with Crippen LogP contribution in [0.5, 0.6) is 0 Å². The molecular weight excluding hydrogens is 296 g/mol. The second-order valence-corrected chi connectivity index (χ2v) is 7.52. The van der Waals surface area contributed by atoms with Crippen molar-refractivity contribution < 1.29 is 19.0 Å². The topological polar surface area (TPSA) is 60.0 Å². The van der Waals surface area contributed by atoms with Crippen LogP contribution in [0.3, 0.4) is 0 Å². The third kappa shape index (κ3) is 6.28. The van der Waals surface area contributed by atoms with Gasteiger partial charge in [-0.1, -0.05) is 0 Å². The van der Waals surface area contributed by atoms with E-state index in [0.717, 1.165) is 38.8 Å². The maximum atomic E-state index is 12.0. The number of piperidine rings is 1. The standard InChI is InChI=1S/C17H32N2O4/c1-17(2,3)23-16(20)19-8-5-14(6-9-19)22-10-7-18-13-11-15(12-13)21-4/h13-15,18H,5-12H2,1-4H3. The first-order chi connectivity index (χ1) is 10.9. The molecule has 23 heavy (non-hydrogen) atoms. The van der Waals surface area contributed by atoms with Gasteiger partial charge in [-0.3, -0.25) is 0 Å². The predicted octanol–water partition coefficient (Wildman–Crippen LogP) is 2.17. The molecule has 1 heterocycles. The lowest BCUT2D eigenvalue weighted by Crippen LogP contribution is -2.46. The smallest absolute Gasteiger partial charge is 0.410 e. The number of carbonyl (C=O) groups is 1. The van der Waals surface area contributed by atoms with Crippen molar-refractivity contribution in [3.8, 4) is 0 Å². The SMILES string of the molecule is COC1CC(NCCOC2CCN(C(=O)OC(C)(C)C)CC2)C1. The van der Waals surface area contributed by atoms with Crippen LogP contribution in [-0.2, 0) is 14.2 Å². The van der Waals surface area contributed by atoms with Gasteiger partial charge in [-0.2, -0.15) is 0 Å². The molecule has 134 valence electrons. The number of nitrogens with zero attached hydrogens (tertiary/aromatic N) is 1. The van der Waals surface area contributed by atoms with Gasteiger partial charge in [0.05, 0.1) is 18.8 Å². The molecule has 0 aromatic heterocycles. The number of hydrogen-bond acceptors (Lipinski definition) is 5. The van der Waals surface area contributed by atoms with Crippen molar-refractivity contribution in [1.82, 2.24) is 10.2 Å². The maximum absolute atomic E-state index is 12.0. The first-order valence-electron chi connectivity index (χ1n) is 8.73. The maximum Gasteiger partial charge on any atom is 0.410 e. The molecule has 2 aliphatic rings. The number of carbonyl (C=O) groups excluding carboxylic acids is 1. The average molecular weight is 328 g/mol. The van der Waals surface area contributed by atoms with Gasteiger partial charge in [0.2, 0.25) is 0 Å². The van der Waals surface area contributed by atoms with Crippen LogP contribution in [0.4, 0.5) is 4.79 Å². The number of ether oxygens (including phenoxy) is 3. The Morgan fingerprint density at radius 3 is 2.39 bits per heavy atom. The van der Waals surface area contributed by atoms with E-state index in [-0.39, 0.29) is 12.2 Å². The summed E-state index contributed by atoms with van der Waals surface area (Å²) in [6.45, 7) is 8.72. The molecule has 1 N–H and O–H groups in total. The lowest BCUT2D eigenvalue weighted by molar-refractivity contribution is -0.0147. The fourth-order valence-electron chi connectivity index (χ4n) is 2.94. The van der Waals surface area contributed by atoms with Crippen LogP contribution >= 0.6 is 0 Å². The summed E-state index contributed by atoms with van der Waals surface area (Å²) in [5, 5.41) is 3.49. The van der Waals surface area contributed by atoms with Gasteiger partial charge >= 0.3 is 6.09 Å². The molecule has 0 aromatic rings. The highest BCUT2D eigenvalue weighted by molar-refractivity contribution is 5.68. The summed E-state index contributed by atoms with van der Waals surface area (Å²) in [4.78, 5) is 13.8. The Bertz CT molecular complexity index is 369. The first kappa shape index (κ1) is 18.5. The minimum Gasteiger partial charge on any atom is -0.444 e. The van der Waals surface area contributed by atoms with Crippen LogP contribution in [0, 0.1) is 0 Å². The summed E-state index contributed by atoms with van der Waals surface area (Å²) in [6.07, 6.45) is 4.45. The fourth-order valence-corrected chi connectivity index (χ4v) is 2.94. The lowest BCUT2D eigenvalue weighted by atomic mass is 9.89. The van der Waals surface area contributed by atoms with Crippen molar-refractivity contribution in [2.75, 3.05) is 33.4 Å². The summed E-state index contributed by atoms with van der Waals surface area (Å²) in [7, 11) is 1.77. The van der Waals surface area contributed by atoms with E-state index in [0.29, 0.717) is 25.2 Å². The van der Waals surface area contributed by atoms with E-state index >= 15 is 0 Å². The third-order valence-electron chi connectivity index (χ3n) is 4.41. The predicted molar refractivity (Wildman–Crippen MR) is 88.6 cm³/mol. The van der Waals surface area contributed by atoms with Crippen LogP contribution < -0.4 is 5.32 Å². The fraction of sp³-hybridized carbons (Fsp3) is 0.941. The molecule has 1 aliphatic heterocycles. The zero-order valence-electron chi connectivity index (χ0n) is 15.0. The van der Waals surface area contributed by atoms with Gasteiger partial charge in [0.15, 0.2) is 0 Å². The molecule has 2 rings (SSSR count). The highest BCUT2D eigenvalue weighted by Gasteiger charge is 2.29. The zero-order chi connectivity index (χ0) is 16.9. The summed E-state index contributed by atoms with van der Waals surface area (Å²) >= 11 is 0. The second kappa shape index (κ2) is 8.31. The van der Waals surface area contributed by atoms with Crippen molar-refractivity contribution in [3.63, 3.8) is 0 Å². The Hall–Kier alpha value is -0.850. The summed E-state index contributed by atoms with van der Waals surface area (Å²) < 4.78 is 16.6. The second-order valence-electron chi connectivity index (χ2n) is 7.52. The van der Waals surface area contributed by atoms with E-state index in [1.165, 1.54) is 0 Å². The van der Waals surface area contributed by atoms with Gasteiger partial charge in [-0.05, 0) is 46.5 Å². The van der Waals surface area contributed by atoms with E-state index in [2.05, 4.69) is 5.32 Å². The summed E-state index contributed by atoms with van der Waals surface area (Å²) in [5.41, 5.74) is -0.431. The monoisotopic (exact) mass is 328 g/mol. The van der Waals surface area contributed by atoms with Crippen LogP contribution in [-0.4, -0.2) is 68.2 Å². The van der Waals surface area contributed by atoms with Crippen LogP contribution in [0.2, 0.25) is 0 Å². The molecule has 1 aliphatic carbocycles. The molecule has 0 bridgehead atoms. The minimum atomic E-state index is -0.431. The van der Waals surface area contributed by atoms with E-state index in [1.54, 1.807) is 12.0 Å². The van der Waals surface area contributed by atoms with E-state index in [9.17, 15) is 4.79 Å². The van der Waals surface area contributed by atoms with Gasteiger partial charge < -0.3 is 24.4 Å². The molecule has 0 spiro atoms. The van der Waals surface area contributed by atoms with Crippen molar-refractivity contribution in [2.24, 2.45) is 0 Å². The van der Waals surface area contributed by atoms with E-state index in [4.69, 9.17) is 14.2 Å². The molecule has 0 atom stereocenters. The average Bonchev–Trinajstić information content (AvgIpc) is 2.44. The Morgan fingerprint density at radius 1 is 1.17 bits per heavy atom. The number of rotatable bonds is 6. The summed E-state index contributed by atoms with van der Waals surface area (Å²) in [6, 6.07) is 0.581. The van der Waals surface area contributed by atoms with Crippen LogP contribution in [0.25, 0.3) is 0 Å². The Kier molecular flexibility index (Phi) is 6.68. The number of nitrogens with one attached hydrogen (secondary N) is 1. The van der Waals surface area contributed by atoms with Crippen molar-refractivity contribution in [2.45, 2.75) is 70.3 Å². The van der Waals surface area contributed by atoms with Crippen molar-refractivity contribution >= 4 is 6.09 Å². The molecule has 1 saturated carbocycles. The highest BCUT2D eigenvalue weighted by Crippen LogP contribution is 2.22. The quantitative estimate of drug-likeness (QED) is 0.757. The van der Waals surface area contributed by atoms with Crippen LogP contribution in [0.1, 0.15) is 46.5 Å². The molecule has 0 radical (unpaired) electrons. The Labute approximate surface area is 139 Å². The molecule has 6 heteroatoms. The minimum absolute atomic E-state index is 0.213.